The van der Waals surface area contributed by atoms with Crippen LogP contribution in [0.4, 0.5) is 0 Å². The van der Waals surface area contributed by atoms with Crippen LogP contribution in [0.2, 0.25) is 0 Å². The van der Waals surface area contributed by atoms with Gasteiger partial charge in [-0.05, 0) is 42.9 Å². The van der Waals surface area contributed by atoms with Gasteiger partial charge in [0.15, 0.2) is 0 Å². The van der Waals surface area contributed by atoms with Crippen molar-refractivity contribution >= 4 is 24.0 Å². The molecule has 1 saturated carbocycles. The maximum absolute atomic E-state index is 12.8. The topological polar surface area (TPSA) is 100 Å². The number of benzene rings is 1. The number of hydrogen-bond donors (Lipinski definition) is 1. The van der Waals surface area contributed by atoms with Gasteiger partial charge < -0.3 is 9.52 Å². The number of imide groups is 1. The van der Waals surface area contributed by atoms with Gasteiger partial charge in [-0.15, -0.1) is 0 Å². The van der Waals surface area contributed by atoms with Gasteiger partial charge in [0.05, 0.1) is 23.6 Å². The molecule has 1 aromatic heterocycles. The molecule has 0 spiro atoms. The van der Waals surface area contributed by atoms with Gasteiger partial charge in [0.2, 0.25) is 0 Å². The highest BCUT2D eigenvalue weighted by Gasteiger charge is 2.56. The van der Waals surface area contributed by atoms with Crippen LogP contribution in [0.25, 0.3) is 11.3 Å². The number of carboxylic acids is 1. The number of fused-ring (bicyclic) bond motifs is 1. The van der Waals surface area contributed by atoms with Crippen LogP contribution in [0.5, 0.6) is 0 Å². The summed E-state index contributed by atoms with van der Waals surface area (Å²) in [5, 5.41) is 14.4. The normalized spacial score (nSPS) is 27.8. The molecule has 6 rings (SSSR count). The summed E-state index contributed by atoms with van der Waals surface area (Å²) in [7, 11) is 0. The smallest absolute Gasteiger partial charge is 0.336 e. The molecule has 4 unspecified atom stereocenters. The van der Waals surface area contributed by atoms with Gasteiger partial charge in [-0.3, -0.25) is 9.59 Å². The Labute approximate surface area is 166 Å². The zero-order chi connectivity index (χ0) is 20.1. The maximum Gasteiger partial charge on any atom is 0.336 e. The van der Waals surface area contributed by atoms with Crippen LogP contribution in [0.1, 0.15) is 29.0 Å². The van der Waals surface area contributed by atoms with Crippen molar-refractivity contribution in [3.8, 4) is 11.3 Å². The molecule has 2 heterocycles. The van der Waals surface area contributed by atoms with E-state index in [2.05, 4.69) is 17.3 Å². The monoisotopic (exact) mass is 390 g/mol. The fourth-order valence-corrected chi connectivity index (χ4v) is 4.74. The molecule has 146 valence electrons. The zero-order valence-electron chi connectivity index (χ0n) is 15.4. The quantitative estimate of drug-likeness (QED) is 0.491. The molecule has 3 aliphatic carbocycles. The minimum Gasteiger partial charge on any atom is -0.478 e. The second-order valence-electron chi connectivity index (χ2n) is 7.63. The minimum atomic E-state index is -1.05. The van der Waals surface area contributed by atoms with E-state index >= 15 is 0 Å². The molecule has 29 heavy (non-hydrogen) atoms. The summed E-state index contributed by atoms with van der Waals surface area (Å²) in [4.78, 5) is 36.9. The number of furan rings is 1. The minimum absolute atomic E-state index is 0.115. The van der Waals surface area contributed by atoms with Crippen molar-refractivity contribution < 1.29 is 23.9 Å². The van der Waals surface area contributed by atoms with Gasteiger partial charge in [0, 0.05) is 5.56 Å². The Morgan fingerprint density at radius 1 is 1.03 bits per heavy atom. The van der Waals surface area contributed by atoms with Crippen LogP contribution in [0.3, 0.4) is 0 Å². The van der Waals surface area contributed by atoms with Gasteiger partial charge >= 0.3 is 5.97 Å². The van der Waals surface area contributed by atoms with Crippen LogP contribution in [0.15, 0.2) is 58.1 Å². The first kappa shape index (κ1) is 17.6. The highest BCUT2D eigenvalue weighted by Crippen LogP contribution is 2.49. The van der Waals surface area contributed by atoms with Crippen LogP contribution < -0.4 is 0 Å². The molecule has 0 radical (unpaired) electrons. The number of carbonyl (C=O) groups excluding carboxylic acids is 2. The summed E-state index contributed by atoms with van der Waals surface area (Å²) in [6.45, 7) is 0. The number of nitrogens with zero attached hydrogens (tertiary/aromatic N) is 2. The van der Waals surface area contributed by atoms with E-state index in [0.29, 0.717) is 17.1 Å². The fourth-order valence-electron chi connectivity index (χ4n) is 4.74. The molecule has 4 aliphatic rings. The second-order valence-corrected chi connectivity index (χ2v) is 7.63. The summed E-state index contributed by atoms with van der Waals surface area (Å²) in [6.07, 6.45) is 7.32. The largest absolute Gasteiger partial charge is 0.478 e. The highest BCUT2D eigenvalue weighted by molar-refractivity contribution is 6.06. The lowest BCUT2D eigenvalue weighted by Crippen LogP contribution is -2.38. The van der Waals surface area contributed by atoms with Crippen LogP contribution in [-0.2, 0) is 9.59 Å². The standard InChI is InChI=1S/C22H18N2O5/c25-20-18-12-5-6-13(8-7-12)19(18)21(26)24(20)23-11-14-9-10-17(29-14)15-3-1-2-4-16(15)22(27)28/h1-6,9-13,18-19H,7-8H2,(H,27,28)/b23-11+. The molecule has 2 aromatic rings. The third kappa shape index (κ3) is 2.73. The van der Waals surface area contributed by atoms with Gasteiger partial charge in [0.1, 0.15) is 11.5 Å². The predicted molar refractivity (Wildman–Crippen MR) is 103 cm³/mol. The molecule has 2 bridgehead atoms. The SMILES string of the molecule is O=C(O)c1ccccc1-c1ccc(/C=N/N2C(=O)C3C4C=CC(CC4)C3C2=O)o1. The number of carbonyl (C=O) groups is 3. The van der Waals surface area contributed by atoms with E-state index in [0.717, 1.165) is 17.9 Å². The zero-order valence-corrected chi connectivity index (χ0v) is 15.4. The second kappa shape index (κ2) is 6.55. The van der Waals surface area contributed by atoms with Gasteiger partial charge in [-0.1, -0.05) is 30.4 Å². The Morgan fingerprint density at radius 2 is 1.69 bits per heavy atom. The lowest BCUT2D eigenvalue weighted by atomic mass is 9.63. The Bertz CT molecular complexity index is 1050. The Morgan fingerprint density at radius 3 is 2.31 bits per heavy atom. The van der Waals surface area contributed by atoms with Crippen LogP contribution >= 0.6 is 0 Å². The predicted octanol–water partition coefficient (Wildman–Crippen LogP) is 3.18. The van der Waals surface area contributed by atoms with Crippen molar-refractivity contribution in [1.82, 2.24) is 5.01 Å². The summed E-state index contributed by atoms with van der Waals surface area (Å²) < 4.78 is 5.69. The van der Waals surface area contributed by atoms with Gasteiger partial charge in [-0.25, -0.2) is 4.79 Å². The Hall–Kier alpha value is -3.48. The van der Waals surface area contributed by atoms with Crippen molar-refractivity contribution in [3.63, 3.8) is 0 Å². The summed E-state index contributed by atoms with van der Waals surface area (Å²) in [5.41, 5.74) is 0.573. The van der Waals surface area contributed by atoms with Gasteiger partial charge in [0.25, 0.3) is 11.8 Å². The summed E-state index contributed by atoms with van der Waals surface area (Å²) in [6, 6.07) is 9.79. The number of amides is 2. The van der Waals surface area contributed by atoms with Crippen molar-refractivity contribution in [2.24, 2.45) is 28.8 Å². The van der Waals surface area contributed by atoms with Crippen molar-refractivity contribution in [3.05, 3.63) is 59.9 Å². The molecule has 2 fully saturated rings. The first-order chi connectivity index (χ1) is 14.0. The first-order valence-electron chi connectivity index (χ1n) is 9.57. The molecule has 2 amide bonds. The van der Waals surface area contributed by atoms with E-state index in [1.54, 1.807) is 30.3 Å². The average molecular weight is 390 g/mol. The van der Waals surface area contributed by atoms with E-state index < -0.39 is 5.97 Å². The maximum atomic E-state index is 12.8. The van der Waals surface area contributed by atoms with E-state index in [9.17, 15) is 19.5 Å². The Balaban J connectivity index is 1.39. The number of allylic oxidation sites excluding steroid dienone is 2. The van der Waals surface area contributed by atoms with E-state index in [1.807, 2.05) is 0 Å². The average Bonchev–Trinajstić information content (AvgIpc) is 3.32. The summed E-state index contributed by atoms with van der Waals surface area (Å²) in [5.74, 6) is -1.23. The lowest BCUT2D eigenvalue weighted by molar-refractivity contribution is -0.140. The molecular formula is C22H18N2O5. The molecule has 7 nitrogen and oxygen atoms in total. The lowest BCUT2D eigenvalue weighted by Gasteiger charge is -2.37. The fraction of sp³-hybridized carbons (Fsp3) is 0.273. The first-order valence-corrected chi connectivity index (χ1v) is 9.57. The molecule has 1 aromatic carbocycles. The number of hydrogen-bond acceptors (Lipinski definition) is 5. The van der Waals surface area contributed by atoms with Gasteiger partial charge in [-0.2, -0.15) is 10.1 Å². The number of rotatable bonds is 4. The number of carboxylic acid groups (broad SMARTS) is 1. The van der Waals surface area contributed by atoms with E-state index in [1.165, 1.54) is 12.3 Å². The summed E-state index contributed by atoms with van der Waals surface area (Å²) >= 11 is 0. The van der Waals surface area contributed by atoms with Crippen molar-refractivity contribution in [2.45, 2.75) is 12.8 Å². The molecule has 4 atom stereocenters. The Kier molecular flexibility index (Phi) is 3.97. The van der Waals surface area contributed by atoms with E-state index in [-0.39, 0.29) is 41.0 Å². The molecular weight excluding hydrogens is 372 g/mol. The molecule has 1 aliphatic heterocycles. The van der Waals surface area contributed by atoms with E-state index in [4.69, 9.17) is 4.42 Å². The van der Waals surface area contributed by atoms with Crippen LogP contribution in [0, 0.1) is 23.7 Å². The van der Waals surface area contributed by atoms with Crippen molar-refractivity contribution in [2.75, 3.05) is 0 Å². The third-order valence-electron chi connectivity index (χ3n) is 6.09. The molecule has 1 N–H and O–H groups in total. The highest BCUT2D eigenvalue weighted by atomic mass is 16.4. The molecule has 7 heteroatoms. The number of hydrazone groups is 1. The van der Waals surface area contributed by atoms with Crippen LogP contribution in [-0.4, -0.2) is 34.1 Å². The van der Waals surface area contributed by atoms with Crippen molar-refractivity contribution in [1.29, 1.82) is 0 Å². The third-order valence-corrected chi connectivity index (χ3v) is 6.09. The molecule has 1 saturated heterocycles. The number of aromatic carboxylic acids is 1.